The first-order chi connectivity index (χ1) is 9.40. The summed E-state index contributed by atoms with van der Waals surface area (Å²) < 4.78 is 52.5. The highest BCUT2D eigenvalue weighted by atomic mass is 32.2. The lowest BCUT2D eigenvalue weighted by molar-refractivity contribution is 0.330. The van der Waals surface area contributed by atoms with Crippen LogP contribution in [0.3, 0.4) is 0 Å². The Morgan fingerprint density at radius 3 is 2.55 bits per heavy atom. The molecule has 0 saturated carbocycles. The molecule has 0 radical (unpaired) electrons. The third-order valence-corrected chi connectivity index (χ3v) is 5.30. The minimum Gasteiger partial charge on any atom is -0.298 e. The van der Waals surface area contributed by atoms with Crippen molar-refractivity contribution >= 4 is 10.0 Å². The van der Waals surface area contributed by atoms with E-state index in [2.05, 4.69) is 4.72 Å². The first kappa shape index (κ1) is 15.3. The quantitative estimate of drug-likeness (QED) is 0.896. The number of hydrogen-bond donors (Lipinski definition) is 1. The molecular weight excluding hydrogens is 286 g/mol. The molecule has 0 amide bonds. The van der Waals surface area contributed by atoms with Gasteiger partial charge in [-0.25, -0.2) is 21.9 Å². The average molecular weight is 304 g/mol. The zero-order chi connectivity index (χ0) is 14.8. The summed E-state index contributed by atoms with van der Waals surface area (Å²) >= 11 is 0. The number of halogens is 2. The Bertz CT molecular complexity index is 557. The highest BCUT2D eigenvalue weighted by Crippen LogP contribution is 2.19. The van der Waals surface area contributed by atoms with Gasteiger partial charge in [0.25, 0.3) is 0 Å². The standard InChI is InChI=1S/C13H18F2N2O2S/c1-2-16-20(18,19)13-3-4-17(9-13)8-10-5-11(14)7-12(15)6-10/h5-7,13,16H,2-4,8-9H2,1H3/t13-/m0/s1. The maximum absolute atomic E-state index is 13.1. The molecule has 0 bridgehead atoms. The molecular formula is C13H18F2N2O2S. The van der Waals surface area contributed by atoms with E-state index >= 15 is 0 Å². The molecule has 1 saturated heterocycles. The largest absolute Gasteiger partial charge is 0.298 e. The second-order valence-corrected chi connectivity index (χ2v) is 7.01. The van der Waals surface area contributed by atoms with Crippen LogP contribution in [0.4, 0.5) is 8.78 Å². The predicted octanol–water partition coefficient (Wildman–Crippen LogP) is 1.48. The first-order valence-electron chi connectivity index (χ1n) is 6.56. The summed E-state index contributed by atoms with van der Waals surface area (Å²) in [5.74, 6) is -1.23. The number of nitrogens with one attached hydrogen (secondary N) is 1. The topological polar surface area (TPSA) is 49.4 Å². The molecule has 112 valence electrons. The molecule has 0 aromatic heterocycles. The number of benzene rings is 1. The van der Waals surface area contributed by atoms with Gasteiger partial charge in [-0.15, -0.1) is 0 Å². The Morgan fingerprint density at radius 1 is 1.30 bits per heavy atom. The third kappa shape index (κ3) is 3.74. The van der Waals surface area contributed by atoms with Gasteiger partial charge < -0.3 is 0 Å². The number of rotatable bonds is 5. The van der Waals surface area contributed by atoms with E-state index in [1.165, 1.54) is 12.1 Å². The van der Waals surface area contributed by atoms with Crippen LogP contribution in [0.1, 0.15) is 18.9 Å². The zero-order valence-electron chi connectivity index (χ0n) is 11.3. The monoisotopic (exact) mass is 304 g/mol. The van der Waals surface area contributed by atoms with Gasteiger partial charge in [0, 0.05) is 25.7 Å². The van der Waals surface area contributed by atoms with Crippen LogP contribution in [0.15, 0.2) is 18.2 Å². The molecule has 0 spiro atoms. The molecule has 1 atom stereocenters. The SMILES string of the molecule is CCNS(=O)(=O)[C@H]1CCN(Cc2cc(F)cc(F)c2)C1. The van der Waals surface area contributed by atoms with Gasteiger partial charge in [-0.3, -0.25) is 4.90 Å². The van der Waals surface area contributed by atoms with Gasteiger partial charge in [0.05, 0.1) is 5.25 Å². The molecule has 7 heteroatoms. The molecule has 1 heterocycles. The number of hydrogen-bond acceptors (Lipinski definition) is 3. The van der Waals surface area contributed by atoms with Gasteiger partial charge in [-0.2, -0.15) is 0 Å². The van der Waals surface area contributed by atoms with E-state index in [1.807, 2.05) is 4.90 Å². The average Bonchev–Trinajstić information content (AvgIpc) is 2.76. The smallest absolute Gasteiger partial charge is 0.215 e. The van der Waals surface area contributed by atoms with E-state index in [9.17, 15) is 17.2 Å². The van der Waals surface area contributed by atoms with Crippen molar-refractivity contribution < 1.29 is 17.2 Å². The normalized spacial score (nSPS) is 20.4. The molecule has 0 unspecified atom stereocenters. The van der Waals surface area contributed by atoms with Crippen molar-refractivity contribution in [3.8, 4) is 0 Å². The lowest BCUT2D eigenvalue weighted by Gasteiger charge is -2.16. The van der Waals surface area contributed by atoms with E-state index in [1.54, 1.807) is 6.92 Å². The number of sulfonamides is 1. The van der Waals surface area contributed by atoms with Crippen molar-refractivity contribution in [1.82, 2.24) is 9.62 Å². The third-order valence-electron chi connectivity index (χ3n) is 3.34. The highest BCUT2D eigenvalue weighted by molar-refractivity contribution is 7.90. The molecule has 1 aliphatic rings. The van der Waals surface area contributed by atoms with Crippen LogP contribution < -0.4 is 4.72 Å². The summed E-state index contributed by atoms with van der Waals surface area (Å²) in [7, 11) is -3.29. The van der Waals surface area contributed by atoms with Crippen molar-refractivity contribution in [1.29, 1.82) is 0 Å². The molecule has 1 aliphatic heterocycles. The molecule has 1 aromatic carbocycles. The van der Waals surface area contributed by atoms with E-state index in [0.717, 1.165) is 6.07 Å². The van der Waals surface area contributed by atoms with Crippen LogP contribution in [-0.4, -0.2) is 38.2 Å². The van der Waals surface area contributed by atoms with E-state index < -0.39 is 26.9 Å². The molecule has 2 rings (SSSR count). The van der Waals surface area contributed by atoms with Gasteiger partial charge in [-0.05, 0) is 30.7 Å². The van der Waals surface area contributed by atoms with Crippen LogP contribution in [-0.2, 0) is 16.6 Å². The summed E-state index contributed by atoms with van der Waals surface area (Å²) in [5.41, 5.74) is 0.518. The fourth-order valence-electron chi connectivity index (χ4n) is 2.47. The summed E-state index contributed by atoms with van der Waals surface area (Å²) in [6, 6.07) is 3.37. The predicted molar refractivity (Wildman–Crippen MR) is 72.6 cm³/mol. The van der Waals surface area contributed by atoms with Crippen LogP contribution in [0.2, 0.25) is 0 Å². The molecule has 20 heavy (non-hydrogen) atoms. The van der Waals surface area contributed by atoms with Crippen LogP contribution in [0.5, 0.6) is 0 Å². The lowest BCUT2D eigenvalue weighted by Crippen LogP contribution is -2.36. The minimum atomic E-state index is -3.29. The fourth-order valence-corrected chi connectivity index (χ4v) is 3.93. The second kappa shape index (κ2) is 6.15. The Hall–Kier alpha value is -1.05. The lowest BCUT2D eigenvalue weighted by atomic mass is 10.2. The molecule has 0 aliphatic carbocycles. The van der Waals surface area contributed by atoms with Crippen molar-refractivity contribution in [2.24, 2.45) is 0 Å². The molecule has 4 nitrogen and oxygen atoms in total. The van der Waals surface area contributed by atoms with E-state index in [4.69, 9.17) is 0 Å². The maximum atomic E-state index is 13.1. The molecule has 1 aromatic rings. The van der Waals surface area contributed by atoms with Crippen molar-refractivity contribution in [3.05, 3.63) is 35.4 Å². The van der Waals surface area contributed by atoms with Crippen molar-refractivity contribution in [3.63, 3.8) is 0 Å². The molecule has 1 fully saturated rings. The Morgan fingerprint density at radius 2 is 1.95 bits per heavy atom. The van der Waals surface area contributed by atoms with E-state index in [0.29, 0.717) is 38.2 Å². The van der Waals surface area contributed by atoms with Gasteiger partial charge in [0.1, 0.15) is 11.6 Å². The molecule has 1 N–H and O–H groups in total. The highest BCUT2D eigenvalue weighted by Gasteiger charge is 2.32. The Kier molecular flexibility index (Phi) is 4.72. The van der Waals surface area contributed by atoms with Crippen LogP contribution in [0, 0.1) is 11.6 Å². The van der Waals surface area contributed by atoms with Crippen LogP contribution in [0.25, 0.3) is 0 Å². The van der Waals surface area contributed by atoms with Gasteiger partial charge in [0.15, 0.2) is 0 Å². The van der Waals surface area contributed by atoms with Gasteiger partial charge in [0.2, 0.25) is 10.0 Å². The summed E-state index contributed by atoms with van der Waals surface area (Å²) in [6.45, 7) is 3.45. The summed E-state index contributed by atoms with van der Waals surface area (Å²) in [6.07, 6.45) is 0.535. The summed E-state index contributed by atoms with van der Waals surface area (Å²) in [4.78, 5) is 1.90. The second-order valence-electron chi connectivity index (χ2n) is 4.97. The minimum absolute atomic E-state index is 0.354. The number of likely N-dealkylation sites (tertiary alicyclic amines) is 1. The van der Waals surface area contributed by atoms with Gasteiger partial charge >= 0.3 is 0 Å². The van der Waals surface area contributed by atoms with Crippen LogP contribution >= 0.6 is 0 Å². The number of nitrogens with zero attached hydrogens (tertiary/aromatic N) is 1. The fraction of sp³-hybridized carbons (Fsp3) is 0.538. The van der Waals surface area contributed by atoms with Gasteiger partial charge in [-0.1, -0.05) is 6.92 Å². The summed E-state index contributed by atoms with van der Waals surface area (Å²) in [5, 5.41) is -0.458. The Balaban J connectivity index is 2.00. The first-order valence-corrected chi connectivity index (χ1v) is 8.11. The van der Waals surface area contributed by atoms with Crippen molar-refractivity contribution in [2.75, 3.05) is 19.6 Å². The Labute approximate surface area is 117 Å². The van der Waals surface area contributed by atoms with E-state index in [-0.39, 0.29) is 0 Å². The van der Waals surface area contributed by atoms with Crippen molar-refractivity contribution in [2.45, 2.75) is 25.1 Å². The maximum Gasteiger partial charge on any atom is 0.215 e. The zero-order valence-corrected chi connectivity index (χ0v) is 12.1.